The highest BCUT2D eigenvalue weighted by Gasteiger charge is 2.22. The van der Waals surface area contributed by atoms with Crippen molar-refractivity contribution in [3.05, 3.63) is 102 Å². The molecule has 0 aliphatic heterocycles. The molecule has 0 spiro atoms. The van der Waals surface area contributed by atoms with Gasteiger partial charge in [0, 0.05) is 27.8 Å². The van der Waals surface area contributed by atoms with Crippen LogP contribution in [0.25, 0.3) is 55.1 Å². The molecule has 2 nitrogen and oxygen atoms in total. The third-order valence-electron chi connectivity index (χ3n) is 7.21. The Bertz CT molecular complexity index is 1730. The molecule has 172 valence electrons. The van der Waals surface area contributed by atoms with Gasteiger partial charge >= 0.3 is 0 Å². The Balaban J connectivity index is 1.51. The second-order valence-corrected chi connectivity index (χ2v) is 10.6. The molecule has 0 amide bonds. The highest BCUT2D eigenvalue weighted by atomic mass is 16.3. The first-order valence-corrected chi connectivity index (χ1v) is 12.3. The normalized spacial score (nSPS) is 12.1. The van der Waals surface area contributed by atoms with Crippen molar-refractivity contribution >= 4 is 32.7 Å². The second-order valence-electron chi connectivity index (χ2n) is 10.6. The van der Waals surface area contributed by atoms with Crippen molar-refractivity contribution < 1.29 is 8.98 Å². The van der Waals surface area contributed by atoms with E-state index in [4.69, 9.17) is 4.42 Å². The fraction of sp³-hybridized carbons (Fsp3) is 0.182. The van der Waals surface area contributed by atoms with Crippen LogP contribution in [-0.4, -0.2) is 0 Å². The Kier molecular flexibility index (Phi) is 4.82. The molecule has 2 heterocycles. The summed E-state index contributed by atoms with van der Waals surface area (Å²) < 4.78 is 8.86. The van der Waals surface area contributed by atoms with Gasteiger partial charge in [-0.2, -0.15) is 0 Å². The van der Waals surface area contributed by atoms with Crippen molar-refractivity contribution in [3.63, 3.8) is 0 Å². The minimum Gasteiger partial charge on any atom is -0.454 e. The van der Waals surface area contributed by atoms with E-state index < -0.39 is 0 Å². The van der Waals surface area contributed by atoms with Crippen molar-refractivity contribution in [1.82, 2.24) is 0 Å². The molecule has 0 saturated heterocycles. The van der Waals surface area contributed by atoms with Crippen molar-refractivity contribution in [2.45, 2.75) is 33.1 Å². The third-order valence-corrected chi connectivity index (χ3v) is 7.21. The van der Waals surface area contributed by atoms with Crippen molar-refractivity contribution in [2.24, 2.45) is 7.05 Å². The number of aromatic nitrogens is 1. The number of rotatable bonds is 2. The Morgan fingerprint density at radius 2 is 1.34 bits per heavy atom. The van der Waals surface area contributed by atoms with Gasteiger partial charge in [-0.1, -0.05) is 87.5 Å². The standard InChI is InChI=1S/C33H30NO/c1-21-10-17-28-27-18-13-23-8-6-7-9-26(23)31(27)35-32(28)30(21)29-19-14-24(20-34(29)5)22-11-15-25(16-12-22)33(2,3)4/h6-20H,1-5H3/q+1. The number of pyridine rings is 1. The van der Waals surface area contributed by atoms with E-state index in [-0.39, 0.29) is 5.41 Å². The maximum Gasteiger partial charge on any atom is 0.216 e. The van der Waals surface area contributed by atoms with Gasteiger partial charge in [-0.15, -0.1) is 0 Å². The van der Waals surface area contributed by atoms with Crippen molar-refractivity contribution in [3.8, 4) is 22.4 Å². The van der Waals surface area contributed by atoms with Crippen LogP contribution in [0.15, 0.2) is 95.5 Å². The number of hydrogen-bond acceptors (Lipinski definition) is 1. The number of benzene rings is 4. The maximum atomic E-state index is 6.63. The lowest BCUT2D eigenvalue weighted by atomic mass is 9.86. The lowest BCUT2D eigenvalue weighted by Gasteiger charge is -2.19. The van der Waals surface area contributed by atoms with Crippen LogP contribution >= 0.6 is 0 Å². The van der Waals surface area contributed by atoms with Crippen LogP contribution in [-0.2, 0) is 12.5 Å². The van der Waals surface area contributed by atoms with Crippen LogP contribution in [0.1, 0.15) is 31.9 Å². The SMILES string of the molecule is Cc1ccc2c(oc3c4ccccc4ccc23)c1-c1ccc(-c2ccc(C(C)(C)C)cc2)c[n+]1C. The zero-order chi connectivity index (χ0) is 24.3. The van der Waals surface area contributed by atoms with E-state index in [2.05, 4.69) is 130 Å². The first kappa shape index (κ1) is 21.6. The van der Waals surface area contributed by atoms with Crippen LogP contribution in [0.4, 0.5) is 0 Å². The van der Waals surface area contributed by atoms with E-state index in [1.165, 1.54) is 27.6 Å². The Hall–Kier alpha value is -3.91. The number of fused-ring (bicyclic) bond motifs is 5. The zero-order valence-corrected chi connectivity index (χ0v) is 21.0. The van der Waals surface area contributed by atoms with Crippen LogP contribution in [0.3, 0.4) is 0 Å². The number of hydrogen-bond donors (Lipinski definition) is 0. The van der Waals surface area contributed by atoms with Gasteiger partial charge in [0.25, 0.3) is 0 Å². The predicted octanol–water partition coefficient (Wildman–Crippen LogP) is 8.50. The quantitative estimate of drug-likeness (QED) is 0.239. The summed E-state index contributed by atoms with van der Waals surface area (Å²) in [4.78, 5) is 0. The van der Waals surface area contributed by atoms with Gasteiger partial charge in [0.1, 0.15) is 18.2 Å². The maximum absolute atomic E-state index is 6.63. The summed E-state index contributed by atoms with van der Waals surface area (Å²) >= 11 is 0. The van der Waals surface area contributed by atoms with E-state index >= 15 is 0 Å². The summed E-state index contributed by atoms with van der Waals surface area (Å²) in [5, 5.41) is 4.68. The van der Waals surface area contributed by atoms with Crippen molar-refractivity contribution in [2.75, 3.05) is 0 Å². The molecule has 6 rings (SSSR count). The topological polar surface area (TPSA) is 17.0 Å². The molecule has 2 aromatic heterocycles. The molecule has 0 bridgehead atoms. The monoisotopic (exact) mass is 456 g/mol. The molecule has 4 aromatic carbocycles. The van der Waals surface area contributed by atoms with E-state index in [9.17, 15) is 0 Å². The van der Waals surface area contributed by atoms with Gasteiger partial charge in [-0.25, -0.2) is 4.57 Å². The second kappa shape index (κ2) is 7.81. The molecule has 0 fully saturated rings. The molecule has 35 heavy (non-hydrogen) atoms. The molecule has 2 heteroatoms. The van der Waals surface area contributed by atoms with Crippen LogP contribution in [0.5, 0.6) is 0 Å². The highest BCUT2D eigenvalue weighted by molar-refractivity contribution is 6.17. The Morgan fingerprint density at radius 3 is 2.09 bits per heavy atom. The molecule has 0 N–H and O–H groups in total. The highest BCUT2D eigenvalue weighted by Crippen LogP contribution is 2.39. The van der Waals surface area contributed by atoms with Gasteiger partial charge in [-0.3, -0.25) is 0 Å². The van der Waals surface area contributed by atoms with E-state index in [0.717, 1.165) is 38.6 Å². The molecule has 0 aliphatic carbocycles. The average Bonchev–Trinajstić information content (AvgIpc) is 3.23. The summed E-state index contributed by atoms with van der Waals surface area (Å²) in [6.07, 6.45) is 2.22. The Labute approximate surface area is 206 Å². The predicted molar refractivity (Wildman–Crippen MR) is 147 cm³/mol. The average molecular weight is 457 g/mol. The third kappa shape index (κ3) is 3.52. The molecular formula is C33H30NO+. The fourth-order valence-corrected chi connectivity index (χ4v) is 5.19. The summed E-state index contributed by atoms with van der Waals surface area (Å²) in [5.41, 5.74) is 9.35. The Morgan fingerprint density at radius 1 is 0.657 bits per heavy atom. The lowest BCUT2D eigenvalue weighted by molar-refractivity contribution is -0.659. The van der Waals surface area contributed by atoms with Gasteiger partial charge in [0.05, 0.1) is 5.56 Å². The minimum absolute atomic E-state index is 0.154. The van der Waals surface area contributed by atoms with Gasteiger partial charge < -0.3 is 4.42 Å². The van der Waals surface area contributed by atoms with Crippen molar-refractivity contribution in [1.29, 1.82) is 0 Å². The molecular weight excluding hydrogens is 426 g/mol. The van der Waals surface area contributed by atoms with E-state index in [1.807, 2.05) is 0 Å². The molecule has 0 atom stereocenters. The first-order valence-electron chi connectivity index (χ1n) is 12.3. The molecule has 0 unspecified atom stereocenters. The van der Waals surface area contributed by atoms with Gasteiger partial charge in [0.2, 0.25) is 5.69 Å². The number of aryl methyl sites for hydroxylation is 2. The lowest BCUT2D eigenvalue weighted by Crippen LogP contribution is -2.31. The summed E-state index contributed by atoms with van der Waals surface area (Å²) in [6, 6.07) is 30.6. The zero-order valence-electron chi connectivity index (χ0n) is 21.0. The van der Waals surface area contributed by atoms with E-state index in [0.29, 0.717) is 0 Å². The fourth-order valence-electron chi connectivity index (χ4n) is 5.19. The van der Waals surface area contributed by atoms with Crippen LogP contribution < -0.4 is 4.57 Å². The number of furan rings is 1. The molecule has 6 aromatic rings. The minimum atomic E-state index is 0.154. The first-order chi connectivity index (χ1) is 16.8. The van der Waals surface area contributed by atoms with Gasteiger partial charge in [-0.05, 0) is 46.5 Å². The summed E-state index contributed by atoms with van der Waals surface area (Å²) in [7, 11) is 2.12. The number of nitrogens with zero attached hydrogens (tertiary/aromatic N) is 1. The summed E-state index contributed by atoms with van der Waals surface area (Å²) in [6.45, 7) is 8.92. The van der Waals surface area contributed by atoms with Gasteiger partial charge in [0.15, 0.2) is 6.20 Å². The summed E-state index contributed by atoms with van der Waals surface area (Å²) in [5.74, 6) is 0. The van der Waals surface area contributed by atoms with Crippen LogP contribution in [0.2, 0.25) is 0 Å². The largest absolute Gasteiger partial charge is 0.454 e. The molecule has 0 radical (unpaired) electrons. The van der Waals surface area contributed by atoms with Crippen LogP contribution in [0, 0.1) is 6.92 Å². The smallest absolute Gasteiger partial charge is 0.216 e. The molecule has 0 aliphatic rings. The van der Waals surface area contributed by atoms with E-state index in [1.54, 1.807) is 0 Å². The molecule has 0 saturated carbocycles.